The van der Waals surface area contributed by atoms with Crippen LogP contribution < -0.4 is 4.74 Å². The summed E-state index contributed by atoms with van der Waals surface area (Å²) in [5, 5.41) is 0. The average Bonchev–Trinajstić information content (AvgIpc) is 3.24. The van der Waals surface area contributed by atoms with Crippen LogP contribution in [0.15, 0.2) is 59.5 Å². The quantitative estimate of drug-likeness (QED) is 0.286. The summed E-state index contributed by atoms with van der Waals surface area (Å²) in [6.07, 6.45) is 0.562. The summed E-state index contributed by atoms with van der Waals surface area (Å²) in [6.45, 7) is 4.60. The van der Waals surface area contributed by atoms with Crippen LogP contribution in [0.1, 0.15) is 33.7 Å². The van der Waals surface area contributed by atoms with Crippen molar-refractivity contribution in [3.63, 3.8) is 0 Å². The first-order chi connectivity index (χ1) is 18.2. The lowest BCUT2D eigenvalue weighted by Crippen LogP contribution is -2.40. The third kappa shape index (κ3) is 5.98. The molecule has 1 aliphatic rings. The number of ketones is 1. The van der Waals surface area contributed by atoms with Crippen molar-refractivity contribution in [2.24, 2.45) is 0 Å². The van der Waals surface area contributed by atoms with Crippen molar-refractivity contribution in [3.8, 4) is 11.4 Å². The molecule has 0 radical (unpaired) electrons. The molecular weight excluding hydrogens is 508 g/mol. The van der Waals surface area contributed by atoms with E-state index in [2.05, 4.69) is 0 Å². The maximum Gasteiger partial charge on any atom is 0.306 e. The molecule has 4 rings (SSSR count). The number of carbonyl (C=O) groups excluding carboxylic acids is 2. The van der Waals surface area contributed by atoms with E-state index in [9.17, 15) is 18.0 Å². The predicted molar refractivity (Wildman–Crippen MR) is 141 cm³/mol. The Morgan fingerprint density at radius 1 is 1.00 bits per heavy atom. The van der Waals surface area contributed by atoms with Crippen molar-refractivity contribution in [2.45, 2.75) is 31.6 Å². The molecule has 3 aromatic rings. The van der Waals surface area contributed by atoms with Crippen LogP contribution in [0, 0.1) is 13.8 Å². The van der Waals surface area contributed by atoms with E-state index in [4.69, 9.17) is 14.2 Å². The summed E-state index contributed by atoms with van der Waals surface area (Å²) < 4.78 is 45.4. The number of methoxy groups -OCH3 is 1. The van der Waals surface area contributed by atoms with Crippen molar-refractivity contribution in [3.05, 3.63) is 77.1 Å². The van der Waals surface area contributed by atoms with Gasteiger partial charge >= 0.3 is 5.97 Å². The number of rotatable bonds is 10. The first kappa shape index (κ1) is 27.6. The number of sulfonamides is 1. The molecule has 0 amide bonds. The molecule has 202 valence electrons. The van der Waals surface area contributed by atoms with Crippen molar-refractivity contribution < 1.29 is 32.2 Å². The molecule has 0 N–H and O–H groups in total. The number of hydrogen-bond donors (Lipinski definition) is 0. The highest BCUT2D eigenvalue weighted by molar-refractivity contribution is 7.89. The first-order valence-electron chi connectivity index (χ1n) is 12.4. The number of hydrogen-bond acceptors (Lipinski definition) is 7. The zero-order chi connectivity index (χ0) is 27.3. The zero-order valence-electron chi connectivity index (χ0n) is 21.8. The highest BCUT2D eigenvalue weighted by Gasteiger charge is 2.27. The van der Waals surface area contributed by atoms with E-state index in [1.54, 1.807) is 44.4 Å². The Balaban J connectivity index is 1.44. The van der Waals surface area contributed by atoms with Gasteiger partial charge in [0.2, 0.25) is 15.8 Å². The Kier molecular flexibility index (Phi) is 8.65. The van der Waals surface area contributed by atoms with Gasteiger partial charge in [0.25, 0.3) is 0 Å². The fraction of sp³-hybridized carbons (Fsp3) is 0.357. The first-order valence-corrected chi connectivity index (χ1v) is 13.8. The minimum Gasteiger partial charge on any atom is -0.496 e. The molecule has 0 saturated carbocycles. The molecule has 2 heterocycles. The molecule has 0 atom stereocenters. The molecule has 38 heavy (non-hydrogen) atoms. The summed E-state index contributed by atoms with van der Waals surface area (Å²) in [5.74, 6) is -0.100. The Hall–Kier alpha value is -3.47. The number of morpholine rings is 1. The predicted octanol–water partition coefficient (Wildman–Crippen LogP) is 3.48. The van der Waals surface area contributed by atoms with Crippen LogP contribution in [-0.4, -0.2) is 69.1 Å². The molecule has 0 bridgehead atoms. The van der Waals surface area contributed by atoms with E-state index >= 15 is 0 Å². The Bertz CT molecular complexity index is 1420. The second-order valence-corrected chi connectivity index (χ2v) is 11.0. The Morgan fingerprint density at radius 3 is 2.47 bits per heavy atom. The number of para-hydroxylation sites is 1. The molecule has 0 aliphatic carbocycles. The third-order valence-corrected chi connectivity index (χ3v) is 8.47. The molecule has 2 aromatic carbocycles. The van der Waals surface area contributed by atoms with Crippen LogP contribution in [0.2, 0.25) is 0 Å². The summed E-state index contributed by atoms with van der Waals surface area (Å²) in [5.41, 5.74) is 3.33. The van der Waals surface area contributed by atoms with Gasteiger partial charge in [0.15, 0.2) is 6.61 Å². The van der Waals surface area contributed by atoms with Gasteiger partial charge in [-0.25, -0.2) is 8.42 Å². The molecule has 0 unspecified atom stereocenters. The minimum atomic E-state index is -3.67. The van der Waals surface area contributed by atoms with Gasteiger partial charge in [0, 0.05) is 42.1 Å². The number of nitrogens with zero attached hydrogens (tertiary/aromatic N) is 2. The standard InChI is InChI=1S/C28H32N2O7S/c1-20-17-25(26(31)19-37-28(32)12-11-22-7-4-5-10-27(22)35-3)21(2)30(20)23-8-6-9-24(18-23)38(33,34)29-13-15-36-16-14-29/h4-10,17-18H,11-16,19H2,1-3H3. The van der Waals surface area contributed by atoms with Gasteiger partial charge in [0.05, 0.1) is 25.2 Å². The maximum atomic E-state index is 13.1. The number of aryl methyl sites for hydroxylation is 2. The highest BCUT2D eigenvalue weighted by atomic mass is 32.2. The van der Waals surface area contributed by atoms with E-state index in [1.807, 2.05) is 35.8 Å². The van der Waals surface area contributed by atoms with Crippen LogP contribution in [-0.2, 0) is 30.7 Å². The highest BCUT2D eigenvalue weighted by Crippen LogP contribution is 2.25. The number of carbonyl (C=O) groups is 2. The van der Waals surface area contributed by atoms with E-state index in [0.29, 0.717) is 55.4 Å². The smallest absolute Gasteiger partial charge is 0.306 e. The minimum absolute atomic E-state index is 0.122. The Labute approximate surface area is 223 Å². The second-order valence-electron chi connectivity index (χ2n) is 9.03. The lowest BCUT2D eigenvalue weighted by Gasteiger charge is -2.26. The van der Waals surface area contributed by atoms with Gasteiger partial charge in [-0.3, -0.25) is 9.59 Å². The fourth-order valence-electron chi connectivity index (χ4n) is 4.60. The summed E-state index contributed by atoms with van der Waals surface area (Å²) in [6, 6.07) is 15.8. The SMILES string of the molecule is COc1ccccc1CCC(=O)OCC(=O)c1cc(C)n(-c2cccc(S(=O)(=O)N3CCOCC3)c2)c1C. The van der Waals surface area contributed by atoms with Crippen molar-refractivity contribution in [1.82, 2.24) is 8.87 Å². The molecule has 1 saturated heterocycles. The number of benzene rings is 2. The largest absolute Gasteiger partial charge is 0.496 e. The number of Topliss-reactive ketones (excluding diaryl/α,β-unsaturated/α-hetero) is 1. The summed E-state index contributed by atoms with van der Waals surface area (Å²) in [4.78, 5) is 25.4. The normalized spacial score (nSPS) is 14.3. The van der Waals surface area contributed by atoms with E-state index in [1.165, 1.54) is 4.31 Å². The zero-order valence-corrected chi connectivity index (χ0v) is 22.6. The number of ether oxygens (including phenoxy) is 3. The molecule has 0 spiro atoms. The van der Waals surface area contributed by atoms with Crippen molar-refractivity contribution in [1.29, 1.82) is 0 Å². The van der Waals surface area contributed by atoms with E-state index in [0.717, 1.165) is 11.3 Å². The lowest BCUT2D eigenvalue weighted by atomic mass is 10.1. The fourth-order valence-corrected chi connectivity index (χ4v) is 6.05. The maximum absolute atomic E-state index is 13.1. The number of esters is 1. The van der Waals surface area contributed by atoms with Crippen LogP contribution in [0.4, 0.5) is 0 Å². The molecule has 9 nitrogen and oxygen atoms in total. The van der Waals surface area contributed by atoms with Gasteiger partial charge in [-0.15, -0.1) is 0 Å². The van der Waals surface area contributed by atoms with Gasteiger partial charge in [-0.1, -0.05) is 24.3 Å². The van der Waals surface area contributed by atoms with Crippen molar-refractivity contribution in [2.75, 3.05) is 40.0 Å². The monoisotopic (exact) mass is 540 g/mol. The topological polar surface area (TPSA) is 104 Å². The van der Waals surface area contributed by atoms with Crippen LogP contribution in [0.25, 0.3) is 5.69 Å². The third-order valence-electron chi connectivity index (χ3n) is 6.57. The molecule has 1 aliphatic heterocycles. The van der Waals surface area contributed by atoms with Crippen molar-refractivity contribution >= 4 is 21.8 Å². The van der Waals surface area contributed by atoms with Gasteiger partial charge in [-0.2, -0.15) is 4.31 Å². The summed E-state index contributed by atoms with van der Waals surface area (Å²) in [7, 11) is -2.09. The van der Waals surface area contributed by atoms with Crippen LogP contribution >= 0.6 is 0 Å². The van der Waals surface area contributed by atoms with Gasteiger partial charge in [0.1, 0.15) is 5.75 Å². The lowest BCUT2D eigenvalue weighted by molar-refractivity contribution is -0.142. The van der Waals surface area contributed by atoms with Gasteiger partial charge in [-0.05, 0) is 56.2 Å². The molecule has 1 aromatic heterocycles. The average molecular weight is 541 g/mol. The molecular formula is C28H32N2O7S. The molecule has 1 fully saturated rings. The molecule has 10 heteroatoms. The van der Waals surface area contributed by atoms with E-state index in [-0.39, 0.29) is 23.7 Å². The van der Waals surface area contributed by atoms with Crippen LogP contribution in [0.3, 0.4) is 0 Å². The van der Waals surface area contributed by atoms with E-state index < -0.39 is 16.0 Å². The van der Waals surface area contributed by atoms with Crippen LogP contribution in [0.5, 0.6) is 5.75 Å². The number of aromatic nitrogens is 1. The summed E-state index contributed by atoms with van der Waals surface area (Å²) >= 11 is 0. The van der Waals surface area contributed by atoms with Gasteiger partial charge < -0.3 is 18.8 Å². The Morgan fingerprint density at radius 2 is 1.74 bits per heavy atom. The second kappa shape index (κ2) is 11.9.